The van der Waals surface area contributed by atoms with Crippen LogP contribution in [0.2, 0.25) is 0 Å². The molecular weight excluding hydrogens is 224 g/mol. The number of aromatic nitrogens is 1. The minimum atomic E-state index is 0.488. The van der Waals surface area contributed by atoms with Gasteiger partial charge in [0.25, 0.3) is 0 Å². The molecule has 18 heavy (non-hydrogen) atoms. The van der Waals surface area contributed by atoms with Gasteiger partial charge in [0.2, 0.25) is 0 Å². The first-order valence-electron chi connectivity index (χ1n) is 6.13. The Bertz CT molecular complexity index is 538. The molecule has 0 atom stereocenters. The Balaban J connectivity index is 2.18. The summed E-state index contributed by atoms with van der Waals surface area (Å²) in [7, 11) is 0. The Morgan fingerprint density at radius 3 is 2.78 bits per heavy atom. The van der Waals surface area contributed by atoms with E-state index >= 15 is 0 Å². The van der Waals surface area contributed by atoms with Crippen LogP contribution in [-0.2, 0) is 13.0 Å². The van der Waals surface area contributed by atoms with Crippen LogP contribution in [0.1, 0.15) is 23.7 Å². The molecule has 2 N–H and O–H groups in total. The van der Waals surface area contributed by atoms with Crippen LogP contribution in [0.25, 0.3) is 0 Å². The Kier molecular flexibility index (Phi) is 3.82. The lowest BCUT2D eigenvalue weighted by atomic mass is 10.0. The molecule has 3 nitrogen and oxygen atoms in total. The van der Waals surface area contributed by atoms with Crippen molar-refractivity contribution in [3.8, 4) is 5.75 Å². The molecular formula is C15H18N2O. The maximum Gasteiger partial charge on any atom is 0.141 e. The zero-order valence-corrected chi connectivity index (χ0v) is 10.8. The number of hydrogen-bond acceptors (Lipinski definition) is 3. The number of pyridine rings is 1. The fourth-order valence-electron chi connectivity index (χ4n) is 1.93. The van der Waals surface area contributed by atoms with Crippen molar-refractivity contribution in [2.75, 3.05) is 5.73 Å². The lowest BCUT2D eigenvalue weighted by molar-refractivity contribution is 0.302. The molecule has 0 radical (unpaired) electrons. The molecule has 94 valence electrons. The van der Waals surface area contributed by atoms with Gasteiger partial charge in [0, 0.05) is 17.4 Å². The van der Waals surface area contributed by atoms with Gasteiger partial charge < -0.3 is 10.5 Å². The molecule has 3 heteroatoms. The molecule has 0 fully saturated rings. The second-order valence-corrected chi connectivity index (χ2v) is 4.21. The standard InChI is InChI=1S/C15H18N2O/c1-3-12-6-4-7-14(16)13(12)10-18-15-8-5-9-17-11(15)2/h4-9H,3,10,16H2,1-2H3. The summed E-state index contributed by atoms with van der Waals surface area (Å²) in [6, 6.07) is 9.77. The van der Waals surface area contributed by atoms with Gasteiger partial charge in [-0.15, -0.1) is 0 Å². The predicted molar refractivity (Wildman–Crippen MR) is 73.5 cm³/mol. The highest BCUT2D eigenvalue weighted by Gasteiger charge is 2.07. The third-order valence-corrected chi connectivity index (χ3v) is 3.02. The van der Waals surface area contributed by atoms with E-state index in [2.05, 4.69) is 18.0 Å². The van der Waals surface area contributed by atoms with Crippen LogP contribution < -0.4 is 10.5 Å². The maximum atomic E-state index is 6.00. The summed E-state index contributed by atoms with van der Waals surface area (Å²) >= 11 is 0. The summed E-state index contributed by atoms with van der Waals surface area (Å²) in [5.74, 6) is 0.808. The van der Waals surface area contributed by atoms with E-state index in [-0.39, 0.29) is 0 Å². The zero-order valence-electron chi connectivity index (χ0n) is 10.8. The average molecular weight is 242 g/mol. The normalized spacial score (nSPS) is 10.3. The van der Waals surface area contributed by atoms with E-state index in [0.29, 0.717) is 6.61 Å². The molecule has 1 aromatic carbocycles. The molecule has 0 unspecified atom stereocenters. The van der Waals surface area contributed by atoms with Gasteiger partial charge in [0.1, 0.15) is 12.4 Å². The first-order chi connectivity index (χ1) is 8.72. The number of nitrogens with two attached hydrogens (primary N) is 1. The zero-order chi connectivity index (χ0) is 13.0. The number of aryl methyl sites for hydroxylation is 2. The molecule has 2 aromatic rings. The maximum absolute atomic E-state index is 6.00. The molecule has 0 amide bonds. The van der Waals surface area contributed by atoms with Crippen molar-refractivity contribution in [1.82, 2.24) is 4.98 Å². The minimum absolute atomic E-state index is 0.488. The second kappa shape index (κ2) is 5.54. The van der Waals surface area contributed by atoms with Crippen molar-refractivity contribution in [2.45, 2.75) is 26.9 Å². The van der Waals surface area contributed by atoms with Crippen LogP contribution in [-0.4, -0.2) is 4.98 Å². The number of benzene rings is 1. The van der Waals surface area contributed by atoms with Gasteiger partial charge in [-0.3, -0.25) is 4.98 Å². The van der Waals surface area contributed by atoms with Crippen LogP contribution in [0.15, 0.2) is 36.5 Å². The van der Waals surface area contributed by atoms with E-state index in [1.165, 1.54) is 5.56 Å². The number of anilines is 1. The van der Waals surface area contributed by atoms with Crippen molar-refractivity contribution < 1.29 is 4.74 Å². The first kappa shape index (κ1) is 12.4. The van der Waals surface area contributed by atoms with Crippen LogP contribution in [0.4, 0.5) is 5.69 Å². The molecule has 0 bridgehead atoms. The Morgan fingerprint density at radius 2 is 2.06 bits per heavy atom. The molecule has 1 aromatic heterocycles. The van der Waals surface area contributed by atoms with E-state index in [1.807, 2.05) is 31.2 Å². The van der Waals surface area contributed by atoms with E-state index in [4.69, 9.17) is 10.5 Å². The van der Waals surface area contributed by atoms with Crippen molar-refractivity contribution in [2.24, 2.45) is 0 Å². The molecule has 0 aliphatic rings. The highest BCUT2D eigenvalue weighted by molar-refractivity contribution is 5.50. The van der Waals surface area contributed by atoms with E-state index in [0.717, 1.165) is 29.1 Å². The number of nitrogens with zero attached hydrogens (tertiary/aromatic N) is 1. The Hall–Kier alpha value is -2.03. The summed E-state index contributed by atoms with van der Waals surface area (Å²) in [5.41, 5.74) is 9.99. The minimum Gasteiger partial charge on any atom is -0.487 e. The molecule has 0 aliphatic carbocycles. The Labute approximate surface area is 108 Å². The largest absolute Gasteiger partial charge is 0.487 e. The smallest absolute Gasteiger partial charge is 0.141 e. The van der Waals surface area contributed by atoms with Crippen LogP contribution in [0.5, 0.6) is 5.75 Å². The van der Waals surface area contributed by atoms with Crippen molar-refractivity contribution in [3.63, 3.8) is 0 Å². The molecule has 1 heterocycles. The highest BCUT2D eigenvalue weighted by Crippen LogP contribution is 2.21. The lowest BCUT2D eigenvalue weighted by Crippen LogP contribution is -2.05. The van der Waals surface area contributed by atoms with Crippen molar-refractivity contribution in [3.05, 3.63) is 53.3 Å². The van der Waals surface area contributed by atoms with Gasteiger partial charge in [-0.25, -0.2) is 0 Å². The third-order valence-electron chi connectivity index (χ3n) is 3.02. The number of nitrogen functional groups attached to an aromatic ring is 1. The number of ether oxygens (including phenoxy) is 1. The van der Waals surface area contributed by atoms with Gasteiger partial charge in [0.15, 0.2) is 0 Å². The summed E-state index contributed by atoms with van der Waals surface area (Å²) in [4.78, 5) is 4.20. The monoisotopic (exact) mass is 242 g/mol. The molecule has 0 saturated carbocycles. The van der Waals surface area contributed by atoms with E-state index < -0.39 is 0 Å². The predicted octanol–water partition coefficient (Wildman–Crippen LogP) is 3.11. The van der Waals surface area contributed by atoms with Crippen LogP contribution in [0, 0.1) is 6.92 Å². The molecule has 0 spiro atoms. The first-order valence-corrected chi connectivity index (χ1v) is 6.13. The van der Waals surface area contributed by atoms with Gasteiger partial charge in [-0.1, -0.05) is 19.1 Å². The van der Waals surface area contributed by atoms with Gasteiger partial charge in [-0.05, 0) is 37.1 Å². The molecule has 0 aliphatic heterocycles. The van der Waals surface area contributed by atoms with E-state index in [9.17, 15) is 0 Å². The van der Waals surface area contributed by atoms with Crippen molar-refractivity contribution >= 4 is 5.69 Å². The fraction of sp³-hybridized carbons (Fsp3) is 0.267. The fourth-order valence-corrected chi connectivity index (χ4v) is 1.93. The number of rotatable bonds is 4. The second-order valence-electron chi connectivity index (χ2n) is 4.21. The molecule has 0 saturated heterocycles. The van der Waals surface area contributed by atoms with E-state index in [1.54, 1.807) is 6.20 Å². The summed E-state index contributed by atoms with van der Waals surface area (Å²) in [5, 5.41) is 0. The third kappa shape index (κ3) is 2.62. The number of hydrogen-bond donors (Lipinski definition) is 1. The lowest BCUT2D eigenvalue weighted by Gasteiger charge is -2.13. The van der Waals surface area contributed by atoms with Crippen LogP contribution in [0.3, 0.4) is 0 Å². The van der Waals surface area contributed by atoms with Gasteiger partial charge in [0.05, 0.1) is 5.69 Å². The SMILES string of the molecule is CCc1cccc(N)c1COc1cccnc1C. The Morgan fingerprint density at radius 1 is 1.22 bits per heavy atom. The van der Waals surface area contributed by atoms with Crippen LogP contribution >= 0.6 is 0 Å². The topological polar surface area (TPSA) is 48.1 Å². The van der Waals surface area contributed by atoms with Gasteiger partial charge >= 0.3 is 0 Å². The average Bonchev–Trinajstić information content (AvgIpc) is 2.39. The quantitative estimate of drug-likeness (QED) is 0.838. The molecule has 2 rings (SSSR count). The summed E-state index contributed by atoms with van der Waals surface area (Å²) in [6.45, 7) is 4.54. The summed E-state index contributed by atoms with van der Waals surface area (Å²) < 4.78 is 5.80. The summed E-state index contributed by atoms with van der Waals surface area (Å²) in [6.07, 6.45) is 2.71. The highest BCUT2D eigenvalue weighted by atomic mass is 16.5. The van der Waals surface area contributed by atoms with Crippen molar-refractivity contribution in [1.29, 1.82) is 0 Å². The van der Waals surface area contributed by atoms with Gasteiger partial charge in [-0.2, -0.15) is 0 Å².